The van der Waals surface area contributed by atoms with Gasteiger partial charge in [-0.05, 0) is 51.0 Å². The zero-order chi connectivity index (χ0) is 22.1. The molecule has 30 heavy (non-hydrogen) atoms. The Morgan fingerprint density at radius 2 is 1.70 bits per heavy atom. The molecule has 162 valence electrons. The number of rotatable bonds is 9. The summed E-state index contributed by atoms with van der Waals surface area (Å²) in [5, 5.41) is 3.61. The molecule has 0 saturated carbocycles. The van der Waals surface area contributed by atoms with Crippen LogP contribution >= 0.6 is 23.4 Å². The summed E-state index contributed by atoms with van der Waals surface area (Å²) in [5.41, 5.74) is 0.470. The lowest BCUT2D eigenvalue weighted by Gasteiger charge is -2.33. The monoisotopic (exact) mass is 446 g/mol. The molecule has 4 nitrogen and oxygen atoms in total. The third kappa shape index (κ3) is 7.69. The second-order valence-corrected chi connectivity index (χ2v) is 9.76. The van der Waals surface area contributed by atoms with Crippen LogP contribution in [0, 0.1) is 0 Å². The number of carbonyl (C=O) groups is 2. The lowest BCUT2D eigenvalue weighted by Crippen LogP contribution is -2.53. The Morgan fingerprint density at radius 1 is 1.07 bits per heavy atom. The zero-order valence-corrected chi connectivity index (χ0v) is 19.7. The van der Waals surface area contributed by atoms with Crippen molar-refractivity contribution in [3.05, 3.63) is 65.2 Å². The fraction of sp³-hybridized carbons (Fsp3) is 0.417. The second-order valence-electron chi connectivity index (χ2n) is 8.19. The molecule has 0 radical (unpaired) electrons. The summed E-state index contributed by atoms with van der Waals surface area (Å²) < 4.78 is 0. The SMILES string of the molecule is CC[C@H](C(=O)NC(C)(C)C)N(Cc1ccccc1Cl)C(=O)CCSc1ccccc1. The molecule has 0 aliphatic heterocycles. The Balaban J connectivity index is 2.17. The van der Waals surface area contributed by atoms with Crippen LogP contribution in [0.15, 0.2) is 59.5 Å². The first-order chi connectivity index (χ1) is 14.2. The highest BCUT2D eigenvalue weighted by atomic mass is 35.5. The van der Waals surface area contributed by atoms with Gasteiger partial charge < -0.3 is 10.2 Å². The molecule has 0 heterocycles. The summed E-state index contributed by atoms with van der Waals surface area (Å²) in [5.74, 6) is 0.467. The summed E-state index contributed by atoms with van der Waals surface area (Å²) in [4.78, 5) is 29.0. The van der Waals surface area contributed by atoms with Crippen molar-refractivity contribution in [2.24, 2.45) is 0 Å². The van der Waals surface area contributed by atoms with Crippen molar-refractivity contribution in [2.45, 2.75) is 63.6 Å². The normalized spacial score (nSPS) is 12.3. The molecule has 0 spiro atoms. The summed E-state index contributed by atoms with van der Waals surface area (Å²) in [6.45, 7) is 8.06. The maximum Gasteiger partial charge on any atom is 0.243 e. The van der Waals surface area contributed by atoms with E-state index >= 15 is 0 Å². The third-order valence-electron chi connectivity index (χ3n) is 4.51. The van der Waals surface area contributed by atoms with E-state index < -0.39 is 6.04 Å². The molecule has 6 heteroatoms. The minimum atomic E-state index is -0.547. The predicted molar refractivity (Wildman–Crippen MR) is 126 cm³/mol. The molecule has 0 aliphatic carbocycles. The summed E-state index contributed by atoms with van der Waals surface area (Å²) in [7, 11) is 0. The number of nitrogens with one attached hydrogen (secondary N) is 1. The van der Waals surface area contributed by atoms with Crippen LogP contribution < -0.4 is 5.32 Å². The molecule has 2 aromatic carbocycles. The summed E-state index contributed by atoms with van der Waals surface area (Å²) in [6, 6.07) is 16.9. The molecule has 1 N–H and O–H groups in total. The predicted octanol–water partition coefficient (Wildman–Crippen LogP) is 5.54. The Bertz CT molecular complexity index is 837. The molecular formula is C24H31ClN2O2S. The van der Waals surface area contributed by atoms with Crippen LogP contribution in [-0.4, -0.2) is 34.0 Å². The average molecular weight is 447 g/mol. The minimum absolute atomic E-state index is 0.0470. The Hall–Kier alpha value is -1.98. The van der Waals surface area contributed by atoms with Gasteiger partial charge in [-0.3, -0.25) is 9.59 Å². The largest absolute Gasteiger partial charge is 0.350 e. The number of carbonyl (C=O) groups excluding carboxylic acids is 2. The Kier molecular flexibility index (Phi) is 9.25. The smallest absolute Gasteiger partial charge is 0.243 e. The Labute approximate surface area is 189 Å². The molecule has 2 rings (SSSR count). The molecule has 1 atom stereocenters. The number of hydrogen-bond acceptors (Lipinski definition) is 3. The van der Waals surface area contributed by atoms with Crippen LogP contribution in [0.3, 0.4) is 0 Å². The van der Waals surface area contributed by atoms with Gasteiger partial charge in [0.05, 0.1) is 0 Å². The van der Waals surface area contributed by atoms with Crippen LogP contribution in [0.1, 0.15) is 46.1 Å². The van der Waals surface area contributed by atoms with Crippen molar-refractivity contribution in [3.8, 4) is 0 Å². The van der Waals surface area contributed by atoms with Gasteiger partial charge in [-0.15, -0.1) is 11.8 Å². The van der Waals surface area contributed by atoms with E-state index in [-0.39, 0.29) is 17.4 Å². The maximum atomic E-state index is 13.2. The van der Waals surface area contributed by atoms with Crippen LogP contribution in [-0.2, 0) is 16.1 Å². The quantitative estimate of drug-likeness (QED) is 0.514. The second kappa shape index (κ2) is 11.4. The van der Waals surface area contributed by atoms with Gasteiger partial charge in [0.1, 0.15) is 6.04 Å². The van der Waals surface area contributed by atoms with Crippen molar-refractivity contribution in [1.82, 2.24) is 10.2 Å². The van der Waals surface area contributed by atoms with Crippen LogP contribution in [0.5, 0.6) is 0 Å². The lowest BCUT2D eigenvalue weighted by molar-refractivity contribution is -0.141. The fourth-order valence-electron chi connectivity index (χ4n) is 3.10. The van der Waals surface area contributed by atoms with Gasteiger partial charge in [0.15, 0.2) is 0 Å². The van der Waals surface area contributed by atoms with Crippen molar-refractivity contribution in [2.75, 3.05) is 5.75 Å². The number of thioether (sulfide) groups is 1. The number of amides is 2. The van der Waals surface area contributed by atoms with Gasteiger partial charge in [0, 0.05) is 34.2 Å². The van der Waals surface area contributed by atoms with E-state index in [9.17, 15) is 9.59 Å². The number of hydrogen-bond donors (Lipinski definition) is 1. The average Bonchev–Trinajstić information content (AvgIpc) is 2.68. The first kappa shape index (κ1) is 24.3. The molecule has 0 saturated heterocycles. The zero-order valence-electron chi connectivity index (χ0n) is 18.2. The van der Waals surface area contributed by atoms with E-state index in [0.29, 0.717) is 30.2 Å². The van der Waals surface area contributed by atoms with E-state index in [1.54, 1.807) is 22.7 Å². The fourth-order valence-corrected chi connectivity index (χ4v) is 4.16. The highest BCUT2D eigenvalue weighted by Gasteiger charge is 2.30. The first-order valence-corrected chi connectivity index (χ1v) is 11.6. The highest BCUT2D eigenvalue weighted by Crippen LogP contribution is 2.22. The molecular weight excluding hydrogens is 416 g/mol. The maximum absolute atomic E-state index is 13.2. The van der Waals surface area contributed by atoms with E-state index in [4.69, 9.17) is 11.6 Å². The van der Waals surface area contributed by atoms with Crippen molar-refractivity contribution < 1.29 is 9.59 Å². The molecule has 0 aromatic heterocycles. The molecule has 2 aromatic rings. The van der Waals surface area contributed by atoms with Crippen LogP contribution in [0.4, 0.5) is 0 Å². The van der Waals surface area contributed by atoms with Crippen LogP contribution in [0.2, 0.25) is 5.02 Å². The standard InChI is InChI=1S/C24H31ClN2O2S/c1-5-21(23(29)26-24(2,3)4)27(17-18-11-9-10-14-20(18)25)22(28)15-16-30-19-12-7-6-8-13-19/h6-14,21H,5,15-17H2,1-4H3,(H,26,29)/t21-/m1/s1. The molecule has 2 amide bonds. The first-order valence-electron chi connectivity index (χ1n) is 10.2. The Morgan fingerprint density at radius 3 is 2.30 bits per heavy atom. The molecule has 0 unspecified atom stereocenters. The van der Waals surface area contributed by atoms with Gasteiger partial charge in [-0.1, -0.05) is 54.9 Å². The molecule has 0 aliphatic rings. The van der Waals surface area contributed by atoms with E-state index in [1.165, 1.54) is 0 Å². The number of halogens is 1. The summed E-state index contributed by atoms with van der Waals surface area (Å²) >= 11 is 7.99. The molecule has 0 fully saturated rings. The third-order valence-corrected chi connectivity index (χ3v) is 5.89. The van der Waals surface area contributed by atoms with Gasteiger partial charge in [-0.25, -0.2) is 0 Å². The van der Waals surface area contributed by atoms with Crippen molar-refractivity contribution >= 4 is 35.2 Å². The van der Waals surface area contributed by atoms with Gasteiger partial charge in [0.25, 0.3) is 0 Å². The number of nitrogens with zero attached hydrogens (tertiary/aromatic N) is 1. The van der Waals surface area contributed by atoms with Crippen molar-refractivity contribution in [1.29, 1.82) is 0 Å². The van der Waals surface area contributed by atoms with E-state index in [1.807, 2.05) is 76.2 Å². The lowest BCUT2D eigenvalue weighted by atomic mass is 10.1. The topological polar surface area (TPSA) is 49.4 Å². The van der Waals surface area contributed by atoms with Gasteiger partial charge in [0.2, 0.25) is 11.8 Å². The number of benzene rings is 2. The van der Waals surface area contributed by atoms with Crippen LogP contribution in [0.25, 0.3) is 0 Å². The van der Waals surface area contributed by atoms with E-state index in [2.05, 4.69) is 5.32 Å². The highest BCUT2D eigenvalue weighted by molar-refractivity contribution is 7.99. The van der Waals surface area contributed by atoms with Gasteiger partial charge in [-0.2, -0.15) is 0 Å². The van der Waals surface area contributed by atoms with E-state index in [0.717, 1.165) is 10.5 Å². The van der Waals surface area contributed by atoms with Gasteiger partial charge >= 0.3 is 0 Å². The minimum Gasteiger partial charge on any atom is -0.350 e. The van der Waals surface area contributed by atoms with Crippen molar-refractivity contribution in [3.63, 3.8) is 0 Å². The summed E-state index contributed by atoms with van der Waals surface area (Å²) in [6.07, 6.45) is 0.882. The molecule has 0 bridgehead atoms.